The van der Waals surface area contributed by atoms with E-state index in [4.69, 9.17) is 17.3 Å². The molecule has 0 bridgehead atoms. The van der Waals surface area contributed by atoms with Crippen LogP contribution >= 0.6 is 11.6 Å². The van der Waals surface area contributed by atoms with E-state index >= 15 is 0 Å². The van der Waals surface area contributed by atoms with Crippen LogP contribution in [0.3, 0.4) is 0 Å². The summed E-state index contributed by atoms with van der Waals surface area (Å²) in [5.74, 6) is 0.838. The van der Waals surface area contributed by atoms with Crippen LogP contribution in [-0.2, 0) is 23.0 Å². The summed E-state index contributed by atoms with van der Waals surface area (Å²) < 4.78 is 26.8. The summed E-state index contributed by atoms with van der Waals surface area (Å²) in [7, 11) is -3.55. The second-order valence-electron chi connectivity index (χ2n) is 4.49. The first-order chi connectivity index (χ1) is 10.0. The molecular formula is C13H17ClN4O2S. The number of benzene rings is 1. The number of aromatic nitrogens is 2. The Labute approximate surface area is 128 Å². The molecule has 0 amide bonds. The number of H-pyrrole nitrogens is 1. The smallest absolute Gasteiger partial charge is 0.240 e. The molecule has 4 N–H and O–H groups in total. The molecule has 0 saturated heterocycles. The van der Waals surface area contributed by atoms with E-state index in [1.54, 1.807) is 18.5 Å². The number of hydrogen-bond acceptors (Lipinski definition) is 4. The second-order valence-corrected chi connectivity index (χ2v) is 6.67. The zero-order chi connectivity index (χ0) is 15.3. The number of imidazole rings is 1. The van der Waals surface area contributed by atoms with Crippen molar-refractivity contribution in [3.05, 3.63) is 47.0 Å². The van der Waals surface area contributed by atoms with E-state index in [2.05, 4.69) is 14.7 Å². The van der Waals surface area contributed by atoms with Crippen molar-refractivity contribution in [1.82, 2.24) is 14.7 Å². The zero-order valence-corrected chi connectivity index (χ0v) is 12.9. The van der Waals surface area contributed by atoms with Crippen LogP contribution in [0.5, 0.6) is 0 Å². The lowest BCUT2D eigenvalue weighted by Gasteiger charge is -2.08. The monoisotopic (exact) mass is 328 g/mol. The summed E-state index contributed by atoms with van der Waals surface area (Å²) in [6, 6.07) is 4.54. The molecule has 21 heavy (non-hydrogen) atoms. The van der Waals surface area contributed by atoms with Gasteiger partial charge in [0.25, 0.3) is 0 Å². The van der Waals surface area contributed by atoms with Gasteiger partial charge in [0.1, 0.15) is 5.82 Å². The van der Waals surface area contributed by atoms with Crippen LogP contribution in [0.2, 0.25) is 5.02 Å². The minimum absolute atomic E-state index is 0.141. The van der Waals surface area contributed by atoms with Gasteiger partial charge in [0.2, 0.25) is 10.0 Å². The van der Waals surface area contributed by atoms with Gasteiger partial charge in [-0.1, -0.05) is 17.7 Å². The van der Waals surface area contributed by atoms with Crippen LogP contribution in [0.4, 0.5) is 0 Å². The van der Waals surface area contributed by atoms with Crippen LogP contribution in [0.15, 0.2) is 35.5 Å². The standard InChI is InChI=1S/C13H17ClN4O2S/c14-12-8-11(4-3-10(12)9-15)21(19,20)18-5-1-2-13-16-6-7-17-13/h3-4,6-8,18H,1-2,5,9,15H2,(H,16,17). The normalized spacial score (nSPS) is 11.7. The Kier molecular flexibility index (Phi) is 5.35. The summed E-state index contributed by atoms with van der Waals surface area (Å²) in [6.07, 6.45) is 4.74. The molecule has 1 aromatic heterocycles. The first-order valence-electron chi connectivity index (χ1n) is 6.49. The van der Waals surface area contributed by atoms with Crippen molar-refractivity contribution in [3.63, 3.8) is 0 Å². The minimum Gasteiger partial charge on any atom is -0.349 e. The van der Waals surface area contributed by atoms with Crippen LogP contribution in [-0.4, -0.2) is 24.9 Å². The molecule has 1 heterocycles. The van der Waals surface area contributed by atoms with Gasteiger partial charge in [-0.25, -0.2) is 18.1 Å². The number of hydrogen-bond donors (Lipinski definition) is 3. The van der Waals surface area contributed by atoms with E-state index in [0.29, 0.717) is 30.0 Å². The number of aromatic amines is 1. The Morgan fingerprint density at radius 3 is 2.81 bits per heavy atom. The first kappa shape index (κ1) is 16.0. The van der Waals surface area contributed by atoms with Gasteiger partial charge in [-0.05, 0) is 24.1 Å². The fraction of sp³-hybridized carbons (Fsp3) is 0.308. The van der Waals surface area contributed by atoms with Crippen molar-refractivity contribution in [1.29, 1.82) is 0 Å². The molecule has 6 nitrogen and oxygen atoms in total. The largest absolute Gasteiger partial charge is 0.349 e. The van der Waals surface area contributed by atoms with E-state index in [0.717, 1.165) is 5.82 Å². The SMILES string of the molecule is NCc1ccc(S(=O)(=O)NCCCc2ncc[nH]2)cc1Cl. The Morgan fingerprint density at radius 1 is 1.38 bits per heavy atom. The molecular weight excluding hydrogens is 312 g/mol. The van der Waals surface area contributed by atoms with Gasteiger partial charge in [0.15, 0.2) is 0 Å². The van der Waals surface area contributed by atoms with Crippen LogP contribution in [0, 0.1) is 0 Å². The summed E-state index contributed by atoms with van der Waals surface area (Å²) in [6.45, 7) is 0.606. The van der Waals surface area contributed by atoms with E-state index in [1.165, 1.54) is 12.1 Å². The molecule has 0 aliphatic rings. The number of sulfonamides is 1. The molecule has 8 heteroatoms. The number of nitrogens with zero attached hydrogens (tertiary/aromatic N) is 1. The molecule has 0 saturated carbocycles. The van der Waals surface area contributed by atoms with Crippen molar-refractivity contribution >= 4 is 21.6 Å². The summed E-state index contributed by atoms with van der Waals surface area (Å²) in [5.41, 5.74) is 6.21. The van der Waals surface area contributed by atoms with Crippen molar-refractivity contribution in [2.75, 3.05) is 6.54 Å². The second kappa shape index (κ2) is 7.04. The maximum Gasteiger partial charge on any atom is 0.240 e. The molecule has 0 radical (unpaired) electrons. The lowest BCUT2D eigenvalue weighted by Crippen LogP contribution is -2.25. The Bertz CT molecular complexity index is 686. The highest BCUT2D eigenvalue weighted by Crippen LogP contribution is 2.20. The van der Waals surface area contributed by atoms with Crippen molar-refractivity contribution in [2.45, 2.75) is 24.3 Å². The summed E-state index contributed by atoms with van der Waals surface area (Å²) in [4.78, 5) is 7.19. The molecule has 114 valence electrons. The lowest BCUT2D eigenvalue weighted by atomic mass is 10.2. The van der Waals surface area contributed by atoms with Gasteiger partial charge in [0.05, 0.1) is 4.90 Å². The van der Waals surface area contributed by atoms with Crippen molar-refractivity contribution < 1.29 is 8.42 Å². The average molecular weight is 329 g/mol. The molecule has 1 aromatic carbocycles. The van der Waals surface area contributed by atoms with E-state index in [-0.39, 0.29) is 11.4 Å². The van der Waals surface area contributed by atoms with Crippen LogP contribution in [0.1, 0.15) is 17.8 Å². The number of nitrogens with one attached hydrogen (secondary N) is 2. The highest BCUT2D eigenvalue weighted by atomic mass is 35.5. The number of nitrogens with two attached hydrogens (primary N) is 1. The van der Waals surface area contributed by atoms with E-state index in [9.17, 15) is 8.42 Å². The maximum atomic E-state index is 12.1. The van der Waals surface area contributed by atoms with Gasteiger partial charge < -0.3 is 10.7 Å². The number of aryl methyl sites for hydroxylation is 1. The third-order valence-corrected chi connectivity index (χ3v) is 4.80. The zero-order valence-electron chi connectivity index (χ0n) is 11.3. The fourth-order valence-electron chi connectivity index (χ4n) is 1.84. The third-order valence-electron chi connectivity index (χ3n) is 2.99. The minimum atomic E-state index is -3.55. The summed E-state index contributed by atoms with van der Waals surface area (Å²) in [5, 5.41) is 0.357. The highest BCUT2D eigenvalue weighted by molar-refractivity contribution is 7.89. The fourth-order valence-corrected chi connectivity index (χ4v) is 3.26. The number of halogens is 1. The quantitative estimate of drug-likeness (QED) is 0.669. The van der Waals surface area contributed by atoms with Crippen molar-refractivity contribution in [3.8, 4) is 0 Å². The predicted molar refractivity (Wildman–Crippen MR) is 81.4 cm³/mol. The first-order valence-corrected chi connectivity index (χ1v) is 8.35. The van der Waals surface area contributed by atoms with Gasteiger partial charge in [-0.3, -0.25) is 0 Å². The molecule has 2 aromatic rings. The summed E-state index contributed by atoms with van der Waals surface area (Å²) >= 11 is 5.98. The van der Waals surface area contributed by atoms with Gasteiger partial charge in [-0.2, -0.15) is 0 Å². The topological polar surface area (TPSA) is 101 Å². The van der Waals surface area contributed by atoms with Gasteiger partial charge >= 0.3 is 0 Å². The molecule has 2 rings (SSSR count). The molecule has 0 fully saturated rings. The van der Waals surface area contributed by atoms with E-state index in [1.807, 2.05) is 0 Å². The highest BCUT2D eigenvalue weighted by Gasteiger charge is 2.14. The third kappa shape index (κ3) is 4.28. The van der Waals surface area contributed by atoms with Crippen LogP contribution in [0.25, 0.3) is 0 Å². The van der Waals surface area contributed by atoms with Crippen LogP contribution < -0.4 is 10.5 Å². The molecule has 0 atom stereocenters. The predicted octanol–water partition coefficient (Wildman–Crippen LogP) is 1.43. The molecule has 0 spiro atoms. The molecule has 0 aliphatic carbocycles. The lowest BCUT2D eigenvalue weighted by molar-refractivity contribution is 0.578. The Balaban J connectivity index is 1.93. The average Bonchev–Trinajstić information content (AvgIpc) is 2.97. The van der Waals surface area contributed by atoms with Gasteiger partial charge in [-0.15, -0.1) is 0 Å². The van der Waals surface area contributed by atoms with Crippen molar-refractivity contribution in [2.24, 2.45) is 5.73 Å². The maximum absolute atomic E-state index is 12.1. The van der Waals surface area contributed by atoms with E-state index < -0.39 is 10.0 Å². The Hall–Kier alpha value is -1.41. The molecule has 0 aliphatic heterocycles. The Morgan fingerprint density at radius 2 is 2.19 bits per heavy atom. The van der Waals surface area contributed by atoms with Gasteiger partial charge in [0, 0.05) is 36.9 Å². The molecule has 0 unspecified atom stereocenters. The number of rotatable bonds is 7.